The van der Waals surface area contributed by atoms with Crippen molar-refractivity contribution in [3.63, 3.8) is 0 Å². The van der Waals surface area contributed by atoms with Crippen LogP contribution in [-0.2, 0) is 22.4 Å². The topological polar surface area (TPSA) is 159 Å². The first-order chi connectivity index (χ1) is 23.0. The molecule has 3 atom stereocenters. The molecule has 1 unspecified atom stereocenters. The van der Waals surface area contributed by atoms with Crippen molar-refractivity contribution < 1.29 is 23.8 Å². The Bertz CT molecular complexity index is 1760. The van der Waals surface area contributed by atoms with Crippen LogP contribution >= 0.6 is 11.6 Å². The number of nitrogens with zero attached hydrogens (tertiary/aromatic N) is 3. The Morgan fingerprint density at radius 1 is 1.00 bits per heavy atom. The lowest BCUT2D eigenvalue weighted by Gasteiger charge is -2.36. The maximum Gasteiger partial charge on any atom is 0.318 e. The number of carbonyl (C=O) groups excluding carboxylic acids is 4. The first-order valence-electron chi connectivity index (χ1n) is 16.7. The number of rotatable bonds is 11. The first kappa shape index (κ1) is 32.1. The van der Waals surface area contributed by atoms with Gasteiger partial charge in [0.25, 0.3) is 11.8 Å². The van der Waals surface area contributed by atoms with E-state index in [0.29, 0.717) is 46.9 Å². The Morgan fingerprint density at radius 3 is 2.33 bits per heavy atom. The van der Waals surface area contributed by atoms with Crippen molar-refractivity contribution in [3.05, 3.63) is 70.0 Å². The van der Waals surface area contributed by atoms with E-state index in [4.69, 9.17) is 16.2 Å². The van der Waals surface area contributed by atoms with E-state index < -0.39 is 17.5 Å². The van der Waals surface area contributed by atoms with Gasteiger partial charge < -0.3 is 26.2 Å². The number of carbonyl (C=O) groups is 4. The molecular weight excluding hydrogens is 634 g/mol. The summed E-state index contributed by atoms with van der Waals surface area (Å²) in [5.41, 5.74) is 2.00. The van der Waals surface area contributed by atoms with Gasteiger partial charge >= 0.3 is 6.03 Å². The molecule has 7 rings (SSSR count). The number of benzene rings is 2. The smallest absolute Gasteiger partial charge is 0.318 e. The SMILES string of the molecule is Cc1nonc1C(=O)N[C@H](C(=O)Nc1ccc2c(c1)CC(C(=O)Nc1ccccc1Cl)(N1C[C@@H](C(C)C)NC1=O)C2)C(C1CC1)C1CC1. The number of anilines is 2. The normalized spacial score (nSPS) is 22.4. The number of hydrogen-bond acceptors (Lipinski definition) is 7. The molecule has 2 heterocycles. The fourth-order valence-electron chi connectivity index (χ4n) is 7.41. The minimum atomic E-state index is -1.21. The van der Waals surface area contributed by atoms with Crippen molar-refractivity contribution in [2.45, 2.75) is 76.9 Å². The highest BCUT2D eigenvalue weighted by Crippen LogP contribution is 2.51. The van der Waals surface area contributed by atoms with Crippen molar-refractivity contribution >= 4 is 46.7 Å². The molecule has 5 amide bonds. The molecule has 1 saturated heterocycles. The van der Waals surface area contributed by atoms with E-state index in [1.807, 2.05) is 32.0 Å². The number of nitrogens with one attached hydrogen (secondary N) is 4. The molecule has 0 radical (unpaired) electrons. The van der Waals surface area contributed by atoms with Gasteiger partial charge in [0.15, 0.2) is 5.69 Å². The lowest BCUT2D eigenvalue weighted by atomic mass is 9.88. The number of halogens is 1. The Hall–Kier alpha value is -4.45. The Kier molecular flexibility index (Phi) is 8.39. The van der Waals surface area contributed by atoms with Crippen molar-refractivity contribution in [2.24, 2.45) is 23.7 Å². The number of urea groups is 1. The lowest BCUT2D eigenvalue weighted by molar-refractivity contribution is -0.125. The molecule has 1 aliphatic heterocycles. The summed E-state index contributed by atoms with van der Waals surface area (Å²) in [6, 6.07) is 11.5. The van der Waals surface area contributed by atoms with Gasteiger partial charge in [0.1, 0.15) is 17.3 Å². The maximum absolute atomic E-state index is 14.2. The summed E-state index contributed by atoms with van der Waals surface area (Å²) in [7, 11) is 0. The van der Waals surface area contributed by atoms with Crippen LogP contribution in [-0.4, -0.2) is 63.1 Å². The standard InChI is InChI=1S/C35H40ClN7O5/c1-18(2)27-17-43(34(47)39-27)35(33(46)38-26-7-5-4-6-25(26)36)15-22-12-13-24(14-23(22)16-35)37-32(45)30(28(20-8-9-20)21-10-11-21)40-31(44)29-19(3)41-48-42-29/h4-7,12-14,18,20-21,27-28,30H,8-11,15-17H2,1-3H3,(H,37,45)(H,38,46)(H,39,47)(H,40,44)/t27-,30-,35?/m0/s1. The molecule has 3 aliphatic carbocycles. The molecule has 0 bridgehead atoms. The van der Waals surface area contributed by atoms with E-state index >= 15 is 0 Å². The minimum absolute atomic E-state index is 0.0206. The average Bonchev–Trinajstić information content (AvgIpc) is 3.95. The van der Waals surface area contributed by atoms with Gasteiger partial charge in [-0.3, -0.25) is 14.4 Å². The molecule has 4 aliphatic rings. The van der Waals surface area contributed by atoms with E-state index in [-0.39, 0.29) is 47.8 Å². The van der Waals surface area contributed by atoms with Gasteiger partial charge in [-0.15, -0.1) is 0 Å². The number of amides is 5. The molecule has 48 heavy (non-hydrogen) atoms. The van der Waals surface area contributed by atoms with Gasteiger partial charge in [-0.05, 0) is 96.8 Å². The largest absolute Gasteiger partial charge is 0.338 e. The molecule has 2 saturated carbocycles. The summed E-state index contributed by atoms with van der Waals surface area (Å²) >= 11 is 6.41. The maximum atomic E-state index is 14.2. The highest BCUT2D eigenvalue weighted by atomic mass is 35.5. The average molecular weight is 674 g/mol. The van der Waals surface area contributed by atoms with E-state index in [2.05, 4.69) is 31.6 Å². The predicted molar refractivity (Wildman–Crippen MR) is 178 cm³/mol. The summed E-state index contributed by atoms with van der Waals surface area (Å²) in [5.74, 6) is -0.164. The molecule has 2 aromatic carbocycles. The third-order valence-corrected chi connectivity index (χ3v) is 10.7. The second kappa shape index (κ2) is 12.5. The first-order valence-corrected chi connectivity index (χ1v) is 17.1. The summed E-state index contributed by atoms with van der Waals surface area (Å²) in [4.78, 5) is 56.5. The van der Waals surface area contributed by atoms with Gasteiger partial charge in [0.2, 0.25) is 5.91 Å². The second-order valence-corrected chi connectivity index (χ2v) is 14.5. The highest BCUT2D eigenvalue weighted by molar-refractivity contribution is 6.33. The van der Waals surface area contributed by atoms with E-state index in [0.717, 1.165) is 36.8 Å². The molecule has 252 valence electrons. The highest BCUT2D eigenvalue weighted by Gasteiger charge is 2.54. The monoisotopic (exact) mass is 673 g/mol. The van der Waals surface area contributed by atoms with Crippen LogP contribution in [0.5, 0.6) is 0 Å². The summed E-state index contributed by atoms with van der Waals surface area (Å²) in [5, 5.41) is 19.9. The van der Waals surface area contributed by atoms with Crippen molar-refractivity contribution in [1.29, 1.82) is 0 Å². The van der Waals surface area contributed by atoms with Gasteiger partial charge in [0.05, 0.1) is 16.8 Å². The van der Waals surface area contributed by atoms with Crippen molar-refractivity contribution in [3.8, 4) is 0 Å². The zero-order valence-electron chi connectivity index (χ0n) is 27.2. The van der Waals surface area contributed by atoms with Gasteiger partial charge in [0, 0.05) is 25.1 Å². The van der Waals surface area contributed by atoms with E-state index in [1.54, 1.807) is 36.1 Å². The molecule has 12 nitrogen and oxygen atoms in total. The summed E-state index contributed by atoms with van der Waals surface area (Å²) < 4.78 is 4.74. The zero-order valence-corrected chi connectivity index (χ0v) is 28.0. The molecule has 1 aromatic heterocycles. The van der Waals surface area contributed by atoms with Crippen LogP contribution in [0.3, 0.4) is 0 Å². The molecule has 13 heteroatoms. The Morgan fingerprint density at radius 2 is 1.71 bits per heavy atom. The third-order valence-electron chi connectivity index (χ3n) is 10.4. The fraction of sp³-hybridized carbons (Fsp3) is 0.486. The molecule has 0 spiro atoms. The van der Waals surface area contributed by atoms with Crippen LogP contribution < -0.4 is 21.3 Å². The van der Waals surface area contributed by atoms with Gasteiger partial charge in [-0.1, -0.05) is 48.8 Å². The van der Waals surface area contributed by atoms with Crippen molar-refractivity contribution in [2.75, 3.05) is 17.2 Å². The minimum Gasteiger partial charge on any atom is -0.338 e. The zero-order chi connectivity index (χ0) is 33.7. The third kappa shape index (κ3) is 6.13. The van der Waals surface area contributed by atoms with Crippen LogP contribution in [0.4, 0.5) is 16.2 Å². The predicted octanol–water partition coefficient (Wildman–Crippen LogP) is 4.73. The van der Waals surface area contributed by atoms with Crippen LogP contribution in [0, 0.1) is 30.6 Å². The van der Waals surface area contributed by atoms with E-state index in [1.165, 1.54) is 0 Å². The van der Waals surface area contributed by atoms with Gasteiger partial charge in [-0.25, -0.2) is 9.42 Å². The van der Waals surface area contributed by atoms with Crippen LogP contribution in [0.1, 0.15) is 66.8 Å². The fourth-order valence-corrected chi connectivity index (χ4v) is 7.60. The molecule has 4 N–H and O–H groups in total. The molecular formula is C35H40ClN7O5. The summed E-state index contributed by atoms with van der Waals surface area (Å²) in [6.07, 6.45) is 4.69. The number of para-hydroxylation sites is 1. The number of fused-ring (bicyclic) bond motifs is 1. The number of aromatic nitrogens is 2. The quantitative estimate of drug-likeness (QED) is 0.229. The molecule has 3 fully saturated rings. The summed E-state index contributed by atoms with van der Waals surface area (Å²) in [6.45, 7) is 6.10. The Labute approximate surface area is 283 Å². The van der Waals surface area contributed by atoms with E-state index in [9.17, 15) is 19.2 Å². The molecule has 3 aromatic rings. The number of hydrogen-bond donors (Lipinski definition) is 4. The van der Waals surface area contributed by atoms with Crippen LogP contribution in [0.25, 0.3) is 0 Å². The van der Waals surface area contributed by atoms with Gasteiger partial charge in [-0.2, -0.15) is 0 Å². The Balaban J connectivity index is 1.15. The number of aryl methyl sites for hydroxylation is 1. The van der Waals surface area contributed by atoms with Crippen LogP contribution in [0.15, 0.2) is 47.1 Å². The van der Waals surface area contributed by atoms with Crippen molar-refractivity contribution in [1.82, 2.24) is 25.8 Å². The second-order valence-electron chi connectivity index (χ2n) is 14.1. The lowest BCUT2D eigenvalue weighted by Crippen LogP contribution is -2.59. The van der Waals surface area contributed by atoms with Crippen LogP contribution in [0.2, 0.25) is 5.02 Å².